The number of esters is 1. The van der Waals surface area contributed by atoms with Crippen molar-refractivity contribution in [3.8, 4) is 11.5 Å². The van der Waals surface area contributed by atoms with E-state index in [1.165, 1.54) is 0 Å². The van der Waals surface area contributed by atoms with Crippen molar-refractivity contribution in [2.24, 2.45) is 0 Å². The smallest absolute Gasteiger partial charge is 0.330 e. The number of hydrogen-bond acceptors (Lipinski definition) is 10. The van der Waals surface area contributed by atoms with Crippen LogP contribution in [0.15, 0.2) is 73.8 Å². The van der Waals surface area contributed by atoms with Crippen molar-refractivity contribution in [1.82, 2.24) is 0 Å². The first-order chi connectivity index (χ1) is 20.4. The number of carbonyl (C=O) groups excluding carboxylic acids is 2. The molecule has 0 aromatic heterocycles. The Morgan fingerprint density at radius 2 is 1.23 bits per heavy atom. The quantitative estimate of drug-likeness (QED) is 0.124. The van der Waals surface area contributed by atoms with Gasteiger partial charge in [-0.05, 0) is 55.3 Å². The highest BCUT2D eigenvalue weighted by Gasteiger charge is 2.23. The summed E-state index contributed by atoms with van der Waals surface area (Å²) in [6.45, 7) is 14.7. The van der Waals surface area contributed by atoms with Crippen LogP contribution in [0.1, 0.15) is 38.8 Å². The first-order valence-corrected chi connectivity index (χ1v) is 14.1. The van der Waals surface area contributed by atoms with Crippen LogP contribution in [0.5, 0.6) is 11.5 Å². The van der Waals surface area contributed by atoms with E-state index in [0.717, 1.165) is 23.3 Å². The number of aliphatic hydroxyl groups excluding tert-OH is 2. The third-order valence-corrected chi connectivity index (χ3v) is 6.45. The Hall–Kier alpha value is -3.54. The number of ether oxygens (including phenoxy) is 6. The molecule has 2 N–H and O–H groups in total. The van der Waals surface area contributed by atoms with Crippen LogP contribution in [0.2, 0.25) is 0 Å². The Kier molecular flexibility index (Phi) is 15.1. The number of benzene rings is 2. The lowest BCUT2D eigenvalue weighted by molar-refractivity contribution is -0.157. The minimum atomic E-state index is -1.21. The molecule has 10 heteroatoms. The number of carbonyl (C=O) groups is 2. The summed E-state index contributed by atoms with van der Waals surface area (Å²) in [6, 6.07) is 15.7. The highest BCUT2D eigenvalue weighted by Crippen LogP contribution is 2.33. The average molecular weight is 601 g/mol. The molecular weight excluding hydrogens is 556 g/mol. The zero-order chi connectivity index (χ0) is 31.8. The number of ketones is 1. The van der Waals surface area contributed by atoms with Gasteiger partial charge < -0.3 is 38.6 Å². The minimum Gasteiger partial charge on any atom is -0.491 e. The molecule has 0 fully saturated rings. The van der Waals surface area contributed by atoms with Gasteiger partial charge in [-0.25, -0.2) is 4.79 Å². The number of aliphatic hydroxyl groups is 2. The maximum Gasteiger partial charge on any atom is 0.330 e. The van der Waals surface area contributed by atoms with Crippen LogP contribution in [-0.2, 0) is 34.0 Å². The summed E-state index contributed by atoms with van der Waals surface area (Å²) < 4.78 is 32.5. The third-order valence-electron chi connectivity index (χ3n) is 6.45. The fourth-order valence-corrected chi connectivity index (χ4v) is 3.72. The lowest BCUT2D eigenvalue weighted by Gasteiger charge is -2.26. The molecule has 0 bridgehead atoms. The summed E-state index contributed by atoms with van der Waals surface area (Å²) in [6.07, 6.45) is -0.557. The maximum absolute atomic E-state index is 11.2. The van der Waals surface area contributed by atoms with E-state index in [4.69, 9.17) is 28.4 Å². The Bertz CT molecular complexity index is 1050. The van der Waals surface area contributed by atoms with Crippen LogP contribution >= 0.6 is 0 Å². The molecule has 0 aliphatic carbocycles. The molecular formula is C33H44O10. The van der Waals surface area contributed by atoms with Crippen LogP contribution in [0.4, 0.5) is 0 Å². The van der Waals surface area contributed by atoms with Gasteiger partial charge in [0.1, 0.15) is 44.0 Å². The SMILES string of the molecule is C=CC(=O)COC(O)COC(C)COc1ccc(C(C)(C)c2ccc(OCC(C)OCC(O)COC(=O)C=C)cc2)cc1. The molecule has 0 amide bonds. The largest absolute Gasteiger partial charge is 0.491 e. The Morgan fingerprint density at radius 1 is 0.744 bits per heavy atom. The van der Waals surface area contributed by atoms with Crippen molar-refractivity contribution in [3.05, 3.63) is 85.0 Å². The predicted molar refractivity (Wildman–Crippen MR) is 161 cm³/mol. The summed E-state index contributed by atoms with van der Waals surface area (Å²) in [4.78, 5) is 22.2. The van der Waals surface area contributed by atoms with Crippen molar-refractivity contribution in [1.29, 1.82) is 0 Å². The van der Waals surface area contributed by atoms with E-state index in [1.54, 1.807) is 0 Å². The van der Waals surface area contributed by atoms with Crippen molar-refractivity contribution in [2.75, 3.05) is 39.6 Å². The van der Waals surface area contributed by atoms with Gasteiger partial charge in [0.25, 0.3) is 0 Å². The zero-order valence-corrected chi connectivity index (χ0v) is 25.4. The van der Waals surface area contributed by atoms with Gasteiger partial charge >= 0.3 is 5.97 Å². The van der Waals surface area contributed by atoms with Crippen LogP contribution in [0.25, 0.3) is 0 Å². The monoisotopic (exact) mass is 600 g/mol. The molecule has 2 rings (SSSR count). The molecule has 0 heterocycles. The van der Waals surface area contributed by atoms with E-state index in [0.29, 0.717) is 11.5 Å². The molecule has 236 valence electrons. The molecule has 0 aliphatic rings. The van der Waals surface area contributed by atoms with Crippen LogP contribution in [0, 0.1) is 0 Å². The second-order valence-electron chi connectivity index (χ2n) is 10.5. The summed E-state index contributed by atoms with van der Waals surface area (Å²) in [5, 5.41) is 19.6. The van der Waals surface area contributed by atoms with Crippen LogP contribution in [-0.4, -0.2) is 86.2 Å². The summed E-state index contributed by atoms with van der Waals surface area (Å²) in [5.74, 6) is 0.471. The normalized spacial score (nSPS) is 14.2. The molecule has 0 aliphatic heterocycles. The number of hydrogen-bond donors (Lipinski definition) is 2. The van der Waals surface area contributed by atoms with Crippen molar-refractivity contribution in [3.63, 3.8) is 0 Å². The van der Waals surface area contributed by atoms with Gasteiger partial charge in [0, 0.05) is 11.5 Å². The molecule has 4 unspecified atom stereocenters. The zero-order valence-electron chi connectivity index (χ0n) is 25.4. The number of rotatable bonds is 21. The molecule has 43 heavy (non-hydrogen) atoms. The molecule has 10 nitrogen and oxygen atoms in total. The average Bonchev–Trinajstić information content (AvgIpc) is 3.02. The van der Waals surface area contributed by atoms with E-state index in [1.807, 2.05) is 62.4 Å². The Labute approximate surface area is 253 Å². The lowest BCUT2D eigenvalue weighted by atomic mass is 9.78. The molecule has 0 saturated heterocycles. The standard InChI is InChI=1S/C33H44O10/c1-7-27(34)19-43-32(37)22-39-24(4)18-41-30-15-11-26(12-16-30)33(5,6)25-9-13-29(14-10-25)40-17-23(3)38-20-28(35)21-42-31(36)8-2/h7-16,23-24,28,32,35,37H,1-2,17-22H2,3-6H3. The third kappa shape index (κ3) is 13.1. The second-order valence-corrected chi connectivity index (χ2v) is 10.5. The van der Waals surface area contributed by atoms with Gasteiger partial charge in [-0.15, -0.1) is 0 Å². The van der Waals surface area contributed by atoms with Gasteiger partial charge in [-0.1, -0.05) is 51.3 Å². The van der Waals surface area contributed by atoms with E-state index in [9.17, 15) is 19.8 Å². The fourth-order valence-electron chi connectivity index (χ4n) is 3.72. The van der Waals surface area contributed by atoms with Gasteiger partial charge in [-0.2, -0.15) is 0 Å². The first kappa shape index (κ1) is 35.7. The summed E-state index contributed by atoms with van der Waals surface area (Å²) in [7, 11) is 0. The molecule has 2 aromatic rings. The highest BCUT2D eigenvalue weighted by molar-refractivity contribution is 5.90. The fraction of sp³-hybridized carbons (Fsp3) is 0.455. The van der Waals surface area contributed by atoms with Crippen molar-refractivity contribution >= 4 is 11.8 Å². The maximum atomic E-state index is 11.2. The Morgan fingerprint density at radius 3 is 1.70 bits per heavy atom. The van der Waals surface area contributed by atoms with Gasteiger partial charge in [0.15, 0.2) is 12.1 Å². The van der Waals surface area contributed by atoms with Gasteiger partial charge in [-0.3, -0.25) is 4.79 Å². The summed E-state index contributed by atoms with van der Waals surface area (Å²) in [5.41, 5.74) is 1.93. The van der Waals surface area contributed by atoms with Crippen molar-refractivity contribution in [2.45, 2.75) is 57.7 Å². The molecule has 0 saturated carbocycles. The lowest BCUT2D eigenvalue weighted by Crippen LogP contribution is -2.28. The van der Waals surface area contributed by atoms with Crippen molar-refractivity contribution < 1.29 is 48.2 Å². The predicted octanol–water partition coefficient (Wildman–Crippen LogP) is 3.76. The van der Waals surface area contributed by atoms with Crippen LogP contribution < -0.4 is 9.47 Å². The summed E-state index contributed by atoms with van der Waals surface area (Å²) >= 11 is 0. The molecule has 2 aromatic carbocycles. The van der Waals surface area contributed by atoms with E-state index < -0.39 is 18.4 Å². The van der Waals surface area contributed by atoms with E-state index in [2.05, 4.69) is 27.0 Å². The minimum absolute atomic E-state index is 0.0129. The van der Waals surface area contributed by atoms with Gasteiger partial charge in [0.2, 0.25) is 0 Å². The second kappa shape index (κ2) is 18.2. The molecule has 4 atom stereocenters. The first-order valence-electron chi connectivity index (χ1n) is 14.1. The van der Waals surface area contributed by atoms with E-state index >= 15 is 0 Å². The molecule has 0 radical (unpaired) electrons. The van der Waals surface area contributed by atoms with E-state index in [-0.39, 0.29) is 63.0 Å². The van der Waals surface area contributed by atoms with Crippen LogP contribution in [0.3, 0.4) is 0 Å². The highest BCUT2D eigenvalue weighted by atomic mass is 16.6. The van der Waals surface area contributed by atoms with Gasteiger partial charge in [0.05, 0.1) is 25.4 Å². The molecule has 0 spiro atoms. The Balaban J connectivity index is 1.78. The topological polar surface area (TPSA) is 130 Å².